The fourth-order valence-electron chi connectivity index (χ4n) is 0. The van der Waals surface area contributed by atoms with Crippen molar-refractivity contribution in [1.29, 1.82) is 0 Å². The molecular weight excluding hydrogens is 156 g/mol. The normalized spacial score (nSPS) is 7.20. The Morgan fingerprint density at radius 1 is 1.00 bits per heavy atom. The smallest absolute Gasteiger partial charge is 0.00840 e. The van der Waals surface area contributed by atoms with E-state index in [1.165, 1.54) is 0 Å². The van der Waals surface area contributed by atoms with Gasteiger partial charge in [-0.15, -0.1) is 0 Å². The molecule has 0 aliphatic carbocycles. The van der Waals surface area contributed by atoms with Crippen LogP contribution < -0.4 is 0 Å². The summed E-state index contributed by atoms with van der Waals surface area (Å²) in [7, 11) is 0.120. The maximum absolute atomic E-state index is 2.27. The van der Waals surface area contributed by atoms with Gasteiger partial charge in [0.2, 0.25) is 0 Å². The first-order valence-corrected chi connectivity index (χ1v) is 4.50. The maximum Gasteiger partial charge on any atom is 0.0461 e. The van der Waals surface area contributed by atoms with E-state index >= 15 is 0 Å². The SMILES string of the molecule is C[PH+](C)C.[Y]. The molecule has 0 heterocycles. The Bertz CT molecular complexity index is 11.6. The van der Waals surface area contributed by atoms with Crippen molar-refractivity contribution in [3.8, 4) is 0 Å². The van der Waals surface area contributed by atoms with E-state index in [9.17, 15) is 0 Å². The molecule has 0 rings (SSSR count). The van der Waals surface area contributed by atoms with Crippen LogP contribution in [0, 0.1) is 0 Å². The van der Waals surface area contributed by atoms with Crippen LogP contribution in [0.25, 0.3) is 0 Å². The largest absolute Gasteiger partial charge is 0.0461 e. The van der Waals surface area contributed by atoms with Crippen LogP contribution in [0.1, 0.15) is 0 Å². The molecule has 0 N–H and O–H groups in total. The zero-order valence-electron chi connectivity index (χ0n) is 4.08. The number of hydrogen-bond acceptors (Lipinski definition) is 0. The van der Waals surface area contributed by atoms with Crippen LogP contribution >= 0.6 is 7.92 Å². The van der Waals surface area contributed by atoms with Crippen molar-refractivity contribution < 1.29 is 32.7 Å². The Kier molecular flexibility index (Phi) is 10.8. The molecule has 0 aliphatic heterocycles. The molecule has 0 fully saturated rings. The summed E-state index contributed by atoms with van der Waals surface area (Å²) in [4.78, 5) is 0. The molecule has 0 bridgehead atoms. The van der Waals surface area contributed by atoms with Gasteiger partial charge in [0.15, 0.2) is 0 Å². The fourth-order valence-corrected chi connectivity index (χ4v) is 0. The van der Waals surface area contributed by atoms with E-state index in [1.54, 1.807) is 0 Å². The Hall–Kier alpha value is 1.53. The van der Waals surface area contributed by atoms with Crippen LogP contribution in [0.2, 0.25) is 0 Å². The molecule has 1 radical (unpaired) electrons. The van der Waals surface area contributed by atoms with Gasteiger partial charge in [0.1, 0.15) is 0 Å². The van der Waals surface area contributed by atoms with Crippen LogP contribution in [-0.4, -0.2) is 20.0 Å². The molecule has 0 saturated carbocycles. The zero-order valence-corrected chi connectivity index (χ0v) is 7.92. The fraction of sp³-hybridized carbons (Fsp3) is 1.00. The average Bonchev–Trinajstić information content (AvgIpc) is 0.811. The molecule has 0 amide bonds. The molecule has 0 nitrogen and oxygen atoms in total. The summed E-state index contributed by atoms with van der Waals surface area (Å²) >= 11 is 0. The van der Waals surface area contributed by atoms with Gasteiger partial charge in [-0.25, -0.2) is 0 Å². The first-order chi connectivity index (χ1) is 1.73. The Morgan fingerprint density at radius 3 is 1.00 bits per heavy atom. The minimum Gasteiger partial charge on any atom is -0.00840 e. The van der Waals surface area contributed by atoms with Crippen molar-refractivity contribution in [2.75, 3.05) is 20.0 Å². The van der Waals surface area contributed by atoms with E-state index < -0.39 is 0 Å². The van der Waals surface area contributed by atoms with E-state index in [2.05, 4.69) is 20.0 Å². The molecule has 0 spiro atoms. The summed E-state index contributed by atoms with van der Waals surface area (Å²) in [6.07, 6.45) is 0. The number of hydrogen-bond donors (Lipinski definition) is 0. The van der Waals surface area contributed by atoms with E-state index in [0.717, 1.165) is 0 Å². The van der Waals surface area contributed by atoms with Crippen LogP contribution in [0.15, 0.2) is 0 Å². The van der Waals surface area contributed by atoms with Crippen molar-refractivity contribution in [1.82, 2.24) is 0 Å². The standard InChI is InChI=1S/C3H9P.Y/c1-4(2)3;/h1-3H3;/p+1. The second-order valence-electron chi connectivity index (χ2n) is 1.50. The van der Waals surface area contributed by atoms with Crippen molar-refractivity contribution in [2.24, 2.45) is 0 Å². The van der Waals surface area contributed by atoms with Gasteiger partial charge < -0.3 is 0 Å². The molecule has 0 aromatic rings. The van der Waals surface area contributed by atoms with Gasteiger partial charge in [0, 0.05) is 52.7 Å². The Morgan fingerprint density at radius 2 is 1.00 bits per heavy atom. The van der Waals surface area contributed by atoms with Crippen molar-refractivity contribution in [3.63, 3.8) is 0 Å². The predicted molar refractivity (Wildman–Crippen MR) is 26.1 cm³/mol. The minimum atomic E-state index is 0. The van der Waals surface area contributed by atoms with E-state index in [1.807, 2.05) is 0 Å². The molecule has 29 valence electrons. The second kappa shape index (κ2) is 5.53. The third kappa shape index (κ3) is 29.4. The molecule has 0 atom stereocenters. The van der Waals surface area contributed by atoms with Gasteiger partial charge in [-0.3, -0.25) is 0 Å². The van der Waals surface area contributed by atoms with Crippen molar-refractivity contribution in [2.45, 2.75) is 0 Å². The zero-order chi connectivity index (χ0) is 3.58. The van der Waals surface area contributed by atoms with Gasteiger partial charge in [-0.05, 0) is 7.92 Å². The molecule has 5 heavy (non-hydrogen) atoms. The topological polar surface area (TPSA) is 0 Å². The van der Waals surface area contributed by atoms with E-state index in [0.29, 0.717) is 0 Å². The third-order valence-corrected chi connectivity index (χ3v) is 0. The summed E-state index contributed by atoms with van der Waals surface area (Å²) in [5.74, 6) is 0. The Balaban J connectivity index is 0. The van der Waals surface area contributed by atoms with Gasteiger partial charge in [-0.1, -0.05) is 0 Å². The summed E-state index contributed by atoms with van der Waals surface area (Å²) in [5, 5.41) is 0. The van der Waals surface area contributed by atoms with Crippen LogP contribution in [0.4, 0.5) is 0 Å². The maximum atomic E-state index is 2.27. The summed E-state index contributed by atoms with van der Waals surface area (Å²) < 4.78 is 0. The first-order valence-electron chi connectivity index (χ1n) is 1.50. The molecule has 0 aromatic heterocycles. The van der Waals surface area contributed by atoms with Crippen LogP contribution in [0.3, 0.4) is 0 Å². The molecule has 0 saturated heterocycles. The minimum absolute atomic E-state index is 0. The van der Waals surface area contributed by atoms with Crippen molar-refractivity contribution >= 4 is 7.92 Å². The van der Waals surface area contributed by atoms with E-state index in [4.69, 9.17) is 0 Å². The summed E-state index contributed by atoms with van der Waals surface area (Å²) in [6, 6.07) is 0. The van der Waals surface area contributed by atoms with Crippen LogP contribution in [0.5, 0.6) is 0 Å². The molecule has 0 aliphatic rings. The first kappa shape index (κ1) is 9.73. The quantitative estimate of drug-likeness (QED) is 0.472. The second-order valence-corrected chi connectivity index (χ2v) is 4.50. The van der Waals surface area contributed by atoms with Crippen molar-refractivity contribution in [3.05, 3.63) is 0 Å². The molecule has 2 heteroatoms. The monoisotopic (exact) mass is 166 g/mol. The number of rotatable bonds is 0. The van der Waals surface area contributed by atoms with Crippen LogP contribution in [-0.2, 0) is 32.7 Å². The van der Waals surface area contributed by atoms with E-state index in [-0.39, 0.29) is 40.6 Å². The molecule has 0 aromatic carbocycles. The summed E-state index contributed by atoms with van der Waals surface area (Å²) in [5.41, 5.74) is 0. The van der Waals surface area contributed by atoms with Gasteiger partial charge in [0.05, 0.1) is 0 Å². The summed E-state index contributed by atoms with van der Waals surface area (Å²) in [6.45, 7) is 6.81. The Labute approximate surface area is 60.4 Å². The average molecular weight is 166 g/mol. The third-order valence-electron chi connectivity index (χ3n) is 0. The predicted octanol–water partition coefficient (Wildman–Crippen LogP) is 1.09. The van der Waals surface area contributed by atoms with Gasteiger partial charge in [-0.2, -0.15) is 0 Å². The van der Waals surface area contributed by atoms with Gasteiger partial charge in [0.25, 0.3) is 0 Å². The molecule has 0 unspecified atom stereocenters. The van der Waals surface area contributed by atoms with Gasteiger partial charge >= 0.3 is 0 Å². The molecular formula is C3H10PY+.